The monoisotopic (exact) mass is 504 g/mol. The average Bonchev–Trinajstić information content (AvgIpc) is 2.90. The first kappa shape index (κ1) is 37.1. The van der Waals surface area contributed by atoms with Crippen molar-refractivity contribution in [2.75, 3.05) is 26.4 Å². The van der Waals surface area contributed by atoms with Crippen LogP contribution in [0.2, 0.25) is 0 Å². The Labute approximate surface area is 217 Å². The molecular weight excluding hydrogens is 460 g/mol. The van der Waals surface area contributed by atoms with Crippen LogP contribution in [0.15, 0.2) is 74.4 Å². The van der Waals surface area contributed by atoms with Crippen molar-refractivity contribution in [1.29, 1.82) is 0 Å². The molecule has 0 aliphatic carbocycles. The highest BCUT2D eigenvalue weighted by molar-refractivity contribution is 5.86. The molecule has 1 rings (SSSR count). The fraction of sp³-hybridized carbons (Fsp3) is 0.414. The summed E-state index contributed by atoms with van der Waals surface area (Å²) in [6, 6.07) is 10.0. The molecule has 0 unspecified atom stereocenters. The molecule has 0 atom stereocenters. The third kappa shape index (κ3) is 30.5. The number of hydrogen-bond acceptors (Lipinski definition) is 7. The van der Waals surface area contributed by atoms with Crippen molar-refractivity contribution in [2.45, 2.75) is 52.9 Å². The third-order valence-electron chi connectivity index (χ3n) is 3.74. The SMILES string of the molecule is C=C(C)C(=O)OCCCC.C=CC(=O)OCCCC.C=CC(=O)OCCCO.C=Cc1ccccc1. The van der Waals surface area contributed by atoms with Gasteiger partial charge in [0.15, 0.2) is 0 Å². The van der Waals surface area contributed by atoms with Crippen molar-refractivity contribution in [1.82, 2.24) is 0 Å². The van der Waals surface area contributed by atoms with Crippen molar-refractivity contribution >= 4 is 24.0 Å². The lowest BCUT2D eigenvalue weighted by Gasteiger charge is -2.01. The Balaban J connectivity index is -0.000000404. The van der Waals surface area contributed by atoms with Gasteiger partial charge in [0, 0.05) is 30.8 Å². The lowest BCUT2D eigenvalue weighted by atomic mass is 10.2. The fourth-order valence-electron chi connectivity index (χ4n) is 1.69. The third-order valence-corrected chi connectivity index (χ3v) is 3.74. The molecule has 7 heteroatoms. The van der Waals surface area contributed by atoms with Gasteiger partial charge in [0.1, 0.15) is 0 Å². The first-order chi connectivity index (χ1) is 17.2. The number of rotatable bonds is 13. The van der Waals surface area contributed by atoms with E-state index in [2.05, 4.69) is 42.7 Å². The zero-order valence-corrected chi connectivity index (χ0v) is 22.2. The maximum absolute atomic E-state index is 10.7. The van der Waals surface area contributed by atoms with Crippen LogP contribution in [0.25, 0.3) is 6.08 Å². The standard InChI is InChI=1S/C8H14O2.C8H8.C7H12O2.C6H10O3/c1-4-5-6-10-8(9)7(2)3;1-2-8-6-4-3-5-7-8;1-3-5-6-9-7(8)4-2;1-2-6(8)9-5-3-4-7/h2,4-6H2,1,3H3;2-7H,1H2;4H,2-3,5-6H2,1H3;2,7H,1,3-5H2. The molecule has 0 aromatic heterocycles. The molecular formula is C29H44O7. The summed E-state index contributed by atoms with van der Waals surface area (Å²) >= 11 is 0. The van der Waals surface area contributed by atoms with Crippen LogP contribution in [0.4, 0.5) is 0 Å². The number of hydrogen-bond donors (Lipinski definition) is 1. The van der Waals surface area contributed by atoms with Gasteiger partial charge in [-0.05, 0) is 25.3 Å². The molecule has 36 heavy (non-hydrogen) atoms. The molecule has 1 N–H and O–H groups in total. The van der Waals surface area contributed by atoms with E-state index < -0.39 is 5.97 Å². The van der Waals surface area contributed by atoms with Gasteiger partial charge >= 0.3 is 17.9 Å². The van der Waals surface area contributed by atoms with E-state index in [4.69, 9.17) is 9.84 Å². The molecule has 1 aromatic rings. The first-order valence-electron chi connectivity index (χ1n) is 11.9. The molecule has 0 aliphatic rings. The Morgan fingerprint density at radius 2 is 1.25 bits per heavy atom. The number of ether oxygens (including phenoxy) is 3. The van der Waals surface area contributed by atoms with Crippen molar-refractivity contribution in [3.63, 3.8) is 0 Å². The van der Waals surface area contributed by atoms with Gasteiger partial charge in [0.2, 0.25) is 0 Å². The Morgan fingerprint density at radius 3 is 1.58 bits per heavy atom. The highest BCUT2D eigenvalue weighted by Gasteiger charge is 2.00. The number of aliphatic hydroxyl groups is 1. The summed E-state index contributed by atoms with van der Waals surface area (Å²) in [5.41, 5.74) is 1.64. The van der Waals surface area contributed by atoms with E-state index >= 15 is 0 Å². The van der Waals surface area contributed by atoms with Gasteiger partial charge in [-0.15, -0.1) is 0 Å². The van der Waals surface area contributed by atoms with Gasteiger partial charge in [-0.25, -0.2) is 14.4 Å². The van der Waals surface area contributed by atoms with Crippen LogP contribution in [0.3, 0.4) is 0 Å². The number of unbranched alkanes of at least 4 members (excludes halogenated alkanes) is 2. The molecule has 0 saturated carbocycles. The minimum absolute atomic E-state index is 0.0461. The maximum atomic E-state index is 10.7. The lowest BCUT2D eigenvalue weighted by Crippen LogP contribution is -2.05. The first-order valence-corrected chi connectivity index (χ1v) is 11.9. The summed E-state index contributed by atoms with van der Waals surface area (Å²) in [4.78, 5) is 31.3. The number of benzene rings is 1. The van der Waals surface area contributed by atoms with Gasteiger partial charge in [0.05, 0.1) is 19.8 Å². The van der Waals surface area contributed by atoms with E-state index in [1.54, 1.807) is 6.92 Å². The molecule has 0 fully saturated rings. The molecule has 0 heterocycles. The smallest absolute Gasteiger partial charge is 0.333 e. The molecule has 0 bridgehead atoms. The van der Waals surface area contributed by atoms with Crippen LogP contribution in [0.5, 0.6) is 0 Å². The predicted molar refractivity (Wildman–Crippen MR) is 146 cm³/mol. The second-order valence-corrected chi connectivity index (χ2v) is 7.06. The second-order valence-electron chi connectivity index (χ2n) is 7.06. The van der Waals surface area contributed by atoms with E-state index in [1.165, 1.54) is 11.6 Å². The zero-order chi connectivity index (χ0) is 28.0. The molecule has 0 aliphatic heterocycles. The highest BCUT2D eigenvalue weighted by Crippen LogP contribution is 1.97. The van der Waals surface area contributed by atoms with Crippen LogP contribution in [-0.4, -0.2) is 49.4 Å². The van der Waals surface area contributed by atoms with Crippen LogP contribution < -0.4 is 0 Å². The number of aliphatic hydroxyl groups excluding tert-OH is 1. The molecule has 0 spiro atoms. The molecule has 7 nitrogen and oxygen atoms in total. The fourth-order valence-corrected chi connectivity index (χ4v) is 1.69. The Hall–Kier alpha value is -3.45. The van der Waals surface area contributed by atoms with Crippen molar-refractivity contribution in [3.8, 4) is 0 Å². The number of esters is 3. The summed E-state index contributed by atoms with van der Waals surface area (Å²) in [7, 11) is 0. The summed E-state index contributed by atoms with van der Waals surface area (Å²) < 4.78 is 14.0. The van der Waals surface area contributed by atoms with E-state index in [1.807, 2.05) is 43.3 Å². The Bertz CT molecular complexity index is 713. The van der Waals surface area contributed by atoms with Crippen LogP contribution in [-0.2, 0) is 28.6 Å². The number of carbonyl (C=O) groups excluding carboxylic acids is 3. The average molecular weight is 505 g/mol. The van der Waals surface area contributed by atoms with Gasteiger partial charge in [-0.3, -0.25) is 0 Å². The van der Waals surface area contributed by atoms with Gasteiger partial charge in [-0.1, -0.05) is 89.4 Å². The quantitative estimate of drug-likeness (QED) is 0.156. The van der Waals surface area contributed by atoms with E-state index in [0.29, 0.717) is 25.2 Å². The van der Waals surface area contributed by atoms with Gasteiger partial charge in [-0.2, -0.15) is 0 Å². The molecule has 0 amide bonds. The topological polar surface area (TPSA) is 99.1 Å². The van der Waals surface area contributed by atoms with Gasteiger partial charge in [0.25, 0.3) is 0 Å². The van der Waals surface area contributed by atoms with Crippen molar-refractivity contribution in [3.05, 3.63) is 79.9 Å². The Kier molecular flexibility index (Phi) is 30.5. The van der Waals surface area contributed by atoms with E-state index in [0.717, 1.165) is 31.8 Å². The van der Waals surface area contributed by atoms with E-state index in [9.17, 15) is 14.4 Å². The van der Waals surface area contributed by atoms with Crippen molar-refractivity contribution < 1.29 is 33.7 Å². The molecule has 0 radical (unpaired) electrons. The summed E-state index contributed by atoms with van der Waals surface area (Å²) in [5, 5.41) is 8.23. The van der Waals surface area contributed by atoms with Crippen LogP contribution in [0, 0.1) is 0 Å². The van der Waals surface area contributed by atoms with Gasteiger partial charge < -0.3 is 19.3 Å². The second kappa shape index (κ2) is 29.6. The normalized spacial score (nSPS) is 8.67. The maximum Gasteiger partial charge on any atom is 0.333 e. The number of carbonyl (C=O) groups is 3. The molecule has 202 valence electrons. The van der Waals surface area contributed by atoms with E-state index in [-0.39, 0.29) is 25.2 Å². The van der Waals surface area contributed by atoms with Crippen LogP contribution >= 0.6 is 0 Å². The summed E-state index contributed by atoms with van der Waals surface area (Å²) in [5.74, 6) is -1.06. The van der Waals surface area contributed by atoms with Crippen LogP contribution in [0.1, 0.15) is 58.4 Å². The largest absolute Gasteiger partial charge is 0.463 e. The Morgan fingerprint density at radius 1 is 0.806 bits per heavy atom. The minimum Gasteiger partial charge on any atom is -0.463 e. The lowest BCUT2D eigenvalue weighted by molar-refractivity contribution is -0.139. The predicted octanol–water partition coefficient (Wildman–Crippen LogP) is 5.85. The molecule has 1 aromatic carbocycles. The summed E-state index contributed by atoms with van der Waals surface area (Å²) in [6.07, 6.45) is 8.54. The summed E-state index contributed by atoms with van der Waals surface area (Å²) in [6.45, 7) is 20.6. The zero-order valence-electron chi connectivity index (χ0n) is 22.2. The minimum atomic E-state index is -0.441. The molecule has 0 saturated heterocycles. The highest BCUT2D eigenvalue weighted by atomic mass is 16.5. The van der Waals surface area contributed by atoms with Crippen molar-refractivity contribution in [2.24, 2.45) is 0 Å².